The Balaban J connectivity index is 2.90. The van der Waals surface area contributed by atoms with Crippen molar-refractivity contribution in [3.05, 3.63) is 22.8 Å². The molecular formula is C8H11ClN2. The van der Waals surface area contributed by atoms with Gasteiger partial charge in [-0.15, -0.1) is 0 Å². The lowest BCUT2D eigenvalue weighted by Crippen LogP contribution is -1.92. The minimum Gasteiger partial charge on any atom is -0.384 e. The summed E-state index contributed by atoms with van der Waals surface area (Å²) in [6, 6.07) is 1.69. The van der Waals surface area contributed by atoms with Crippen molar-refractivity contribution < 1.29 is 0 Å². The van der Waals surface area contributed by atoms with Crippen molar-refractivity contribution >= 4 is 17.4 Å². The highest BCUT2D eigenvalue weighted by molar-refractivity contribution is 6.31. The van der Waals surface area contributed by atoms with Crippen LogP contribution in [0.15, 0.2) is 12.3 Å². The zero-order chi connectivity index (χ0) is 8.27. The summed E-state index contributed by atoms with van der Waals surface area (Å²) in [4.78, 5) is 3.95. The maximum atomic E-state index is 5.89. The van der Waals surface area contributed by atoms with Gasteiger partial charge in [0.15, 0.2) is 0 Å². The molecule has 0 amide bonds. The van der Waals surface area contributed by atoms with Gasteiger partial charge in [0, 0.05) is 11.2 Å². The number of hydrogen-bond acceptors (Lipinski definition) is 2. The third-order valence-electron chi connectivity index (χ3n) is 1.47. The summed E-state index contributed by atoms with van der Waals surface area (Å²) in [5.41, 5.74) is 6.50. The summed E-state index contributed by atoms with van der Waals surface area (Å²) in [6.45, 7) is 2.10. The Morgan fingerprint density at radius 3 is 2.91 bits per heavy atom. The largest absolute Gasteiger partial charge is 0.384 e. The first-order valence-corrected chi connectivity index (χ1v) is 4.01. The number of aromatic nitrogens is 1. The Kier molecular flexibility index (Phi) is 2.71. The quantitative estimate of drug-likeness (QED) is 0.740. The fraction of sp³-hybridized carbons (Fsp3) is 0.375. The highest BCUT2D eigenvalue weighted by Gasteiger charge is 1.99. The van der Waals surface area contributed by atoms with Crippen LogP contribution in [-0.4, -0.2) is 4.98 Å². The number of pyridine rings is 1. The van der Waals surface area contributed by atoms with Gasteiger partial charge in [0.1, 0.15) is 5.82 Å². The standard InChI is InChI=1S/C8H11ClN2/c1-2-3-6-5-11-8(10)4-7(6)9/h4-5H,2-3H2,1H3,(H2,10,11). The van der Waals surface area contributed by atoms with Gasteiger partial charge >= 0.3 is 0 Å². The van der Waals surface area contributed by atoms with Gasteiger partial charge in [-0.25, -0.2) is 4.98 Å². The van der Waals surface area contributed by atoms with Crippen LogP contribution in [-0.2, 0) is 6.42 Å². The Morgan fingerprint density at radius 1 is 1.64 bits per heavy atom. The molecule has 1 aromatic rings. The fourth-order valence-corrected chi connectivity index (χ4v) is 1.18. The molecule has 11 heavy (non-hydrogen) atoms. The van der Waals surface area contributed by atoms with Crippen molar-refractivity contribution in [2.24, 2.45) is 0 Å². The number of halogens is 1. The number of hydrogen-bond donors (Lipinski definition) is 1. The molecule has 2 N–H and O–H groups in total. The zero-order valence-corrected chi connectivity index (χ0v) is 7.23. The molecule has 0 unspecified atom stereocenters. The van der Waals surface area contributed by atoms with Crippen molar-refractivity contribution in [1.82, 2.24) is 4.98 Å². The third kappa shape index (κ3) is 2.09. The van der Waals surface area contributed by atoms with Crippen LogP contribution >= 0.6 is 11.6 Å². The predicted molar refractivity (Wildman–Crippen MR) is 47.7 cm³/mol. The molecule has 0 atom stereocenters. The maximum Gasteiger partial charge on any atom is 0.124 e. The van der Waals surface area contributed by atoms with E-state index in [2.05, 4.69) is 11.9 Å². The number of aryl methyl sites for hydroxylation is 1. The lowest BCUT2D eigenvalue weighted by atomic mass is 10.2. The molecule has 0 saturated carbocycles. The zero-order valence-electron chi connectivity index (χ0n) is 6.47. The molecule has 0 saturated heterocycles. The fourth-order valence-electron chi connectivity index (χ4n) is 0.927. The first kappa shape index (κ1) is 8.34. The van der Waals surface area contributed by atoms with Gasteiger partial charge in [0.25, 0.3) is 0 Å². The molecular weight excluding hydrogens is 160 g/mol. The van der Waals surface area contributed by atoms with Crippen molar-refractivity contribution in [3.63, 3.8) is 0 Å². The molecule has 0 radical (unpaired) electrons. The van der Waals surface area contributed by atoms with Gasteiger partial charge in [0.2, 0.25) is 0 Å². The molecule has 0 aliphatic rings. The molecule has 0 aliphatic carbocycles. The lowest BCUT2D eigenvalue weighted by Gasteiger charge is -2.01. The summed E-state index contributed by atoms with van der Waals surface area (Å²) in [7, 11) is 0. The van der Waals surface area contributed by atoms with Gasteiger partial charge in [0.05, 0.1) is 0 Å². The van der Waals surface area contributed by atoms with Gasteiger partial charge < -0.3 is 5.73 Å². The van der Waals surface area contributed by atoms with E-state index >= 15 is 0 Å². The minimum absolute atomic E-state index is 0.481. The first-order chi connectivity index (χ1) is 5.24. The number of nitrogens with two attached hydrogens (primary N) is 1. The van der Waals surface area contributed by atoms with Crippen molar-refractivity contribution in [1.29, 1.82) is 0 Å². The number of nitrogens with zero attached hydrogens (tertiary/aromatic N) is 1. The van der Waals surface area contributed by atoms with E-state index in [1.165, 1.54) is 0 Å². The monoisotopic (exact) mass is 170 g/mol. The molecule has 1 heterocycles. The first-order valence-electron chi connectivity index (χ1n) is 3.64. The summed E-state index contributed by atoms with van der Waals surface area (Å²) in [6.07, 6.45) is 3.78. The van der Waals surface area contributed by atoms with Crippen LogP contribution in [0.5, 0.6) is 0 Å². The lowest BCUT2D eigenvalue weighted by molar-refractivity contribution is 0.915. The van der Waals surface area contributed by atoms with E-state index in [1.54, 1.807) is 12.3 Å². The van der Waals surface area contributed by atoms with E-state index in [4.69, 9.17) is 17.3 Å². The predicted octanol–water partition coefficient (Wildman–Crippen LogP) is 2.27. The van der Waals surface area contributed by atoms with Gasteiger partial charge in [-0.2, -0.15) is 0 Å². The SMILES string of the molecule is CCCc1cnc(N)cc1Cl. The third-order valence-corrected chi connectivity index (χ3v) is 1.82. The van der Waals surface area contributed by atoms with E-state index in [9.17, 15) is 0 Å². The molecule has 60 valence electrons. The van der Waals surface area contributed by atoms with E-state index in [1.807, 2.05) is 0 Å². The second-order valence-corrected chi connectivity index (χ2v) is 2.86. The maximum absolute atomic E-state index is 5.89. The highest BCUT2D eigenvalue weighted by atomic mass is 35.5. The van der Waals surface area contributed by atoms with E-state index in [-0.39, 0.29) is 0 Å². The minimum atomic E-state index is 0.481. The van der Waals surface area contributed by atoms with Gasteiger partial charge in [-0.3, -0.25) is 0 Å². The average molecular weight is 171 g/mol. The van der Waals surface area contributed by atoms with Crippen molar-refractivity contribution in [2.45, 2.75) is 19.8 Å². The normalized spacial score (nSPS) is 10.0. The number of anilines is 1. The molecule has 0 fully saturated rings. The van der Waals surface area contributed by atoms with Gasteiger partial charge in [-0.1, -0.05) is 24.9 Å². The highest BCUT2D eigenvalue weighted by Crippen LogP contribution is 2.17. The molecule has 1 aromatic heterocycles. The smallest absolute Gasteiger partial charge is 0.124 e. The van der Waals surface area contributed by atoms with Crippen LogP contribution in [0, 0.1) is 0 Å². The molecule has 0 aromatic carbocycles. The van der Waals surface area contributed by atoms with Crippen molar-refractivity contribution in [3.8, 4) is 0 Å². The van der Waals surface area contributed by atoms with Crippen LogP contribution in [0.2, 0.25) is 5.02 Å². The van der Waals surface area contributed by atoms with Crippen LogP contribution in [0.3, 0.4) is 0 Å². The van der Waals surface area contributed by atoms with E-state index in [0.717, 1.165) is 23.4 Å². The summed E-state index contributed by atoms with van der Waals surface area (Å²) < 4.78 is 0. The molecule has 0 aliphatic heterocycles. The Bertz CT molecular complexity index is 248. The van der Waals surface area contributed by atoms with Crippen LogP contribution in [0.25, 0.3) is 0 Å². The van der Waals surface area contributed by atoms with E-state index in [0.29, 0.717) is 5.82 Å². The molecule has 1 rings (SSSR count). The molecule has 2 nitrogen and oxygen atoms in total. The Labute approximate surface area is 71.4 Å². The Hall–Kier alpha value is -0.760. The number of rotatable bonds is 2. The summed E-state index contributed by atoms with van der Waals surface area (Å²) in [5, 5.41) is 0.722. The average Bonchev–Trinajstić information content (AvgIpc) is 1.95. The molecule has 0 spiro atoms. The topological polar surface area (TPSA) is 38.9 Å². The van der Waals surface area contributed by atoms with Crippen molar-refractivity contribution in [2.75, 3.05) is 5.73 Å². The number of nitrogen functional groups attached to an aromatic ring is 1. The second kappa shape index (κ2) is 3.58. The summed E-state index contributed by atoms with van der Waals surface area (Å²) >= 11 is 5.89. The van der Waals surface area contributed by atoms with E-state index < -0.39 is 0 Å². The van der Waals surface area contributed by atoms with Gasteiger partial charge in [-0.05, 0) is 18.1 Å². The van der Waals surface area contributed by atoms with Crippen LogP contribution in [0.1, 0.15) is 18.9 Å². The summed E-state index contributed by atoms with van der Waals surface area (Å²) in [5.74, 6) is 0.481. The van der Waals surface area contributed by atoms with Crippen LogP contribution < -0.4 is 5.73 Å². The molecule has 0 bridgehead atoms. The second-order valence-electron chi connectivity index (χ2n) is 2.45. The molecule has 3 heteroatoms. The Morgan fingerprint density at radius 2 is 2.36 bits per heavy atom. The van der Waals surface area contributed by atoms with Crippen LogP contribution in [0.4, 0.5) is 5.82 Å².